The minimum Gasteiger partial charge on any atom is -0.493 e. The molecule has 2 aromatic carbocycles. The van der Waals surface area contributed by atoms with Crippen LogP contribution in [-0.2, 0) is 19.7 Å². The number of pyridine rings is 1. The molecule has 3 rings (SSSR count). The maximum Gasteiger partial charge on any atom is 0.166 e. The lowest BCUT2D eigenvalue weighted by molar-refractivity contribution is 0.280. The molecule has 0 saturated carbocycles. The first-order valence-corrected chi connectivity index (χ1v) is 8.71. The average molecular weight is 348 g/mol. The zero-order valence-corrected chi connectivity index (χ0v) is 15.2. The van der Waals surface area contributed by atoms with Crippen LogP contribution in [0.25, 0.3) is 0 Å². The molecule has 4 nitrogen and oxygen atoms in total. The van der Waals surface area contributed by atoms with Crippen molar-refractivity contribution >= 4 is 0 Å². The van der Waals surface area contributed by atoms with Crippen LogP contribution < -0.4 is 14.8 Å². The van der Waals surface area contributed by atoms with Crippen molar-refractivity contribution in [2.45, 2.75) is 26.6 Å². The Hall–Kier alpha value is -2.85. The lowest BCUT2D eigenvalue weighted by Gasteiger charge is -2.16. The molecule has 0 aliphatic heterocycles. The monoisotopic (exact) mass is 348 g/mol. The van der Waals surface area contributed by atoms with Crippen molar-refractivity contribution in [3.05, 3.63) is 89.2 Å². The number of aromatic nitrogens is 1. The third-order valence-corrected chi connectivity index (χ3v) is 4.26. The lowest BCUT2D eigenvalue weighted by Crippen LogP contribution is -2.14. The first kappa shape index (κ1) is 18.0. The van der Waals surface area contributed by atoms with Gasteiger partial charge in [-0.05, 0) is 36.2 Å². The van der Waals surface area contributed by atoms with E-state index in [1.54, 1.807) is 13.3 Å². The van der Waals surface area contributed by atoms with Gasteiger partial charge in [0.15, 0.2) is 11.5 Å². The molecule has 1 N–H and O–H groups in total. The van der Waals surface area contributed by atoms with Crippen molar-refractivity contribution in [2.24, 2.45) is 0 Å². The summed E-state index contributed by atoms with van der Waals surface area (Å²) >= 11 is 0. The van der Waals surface area contributed by atoms with E-state index in [0.29, 0.717) is 19.7 Å². The Morgan fingerprint density at radius 2 is 1.69 bits per heavy atom. The summed E-state index contributed by atoms with van der Waals surface area (Å²) in [7, 11) is 1.67. The number of para-hydroxylation sites is 1. The molecule has 26 heavy (non-hydrogen) atoms. The minimum atomic E-state index is 0.514. The van der Waals surface area contributed by atoms with Gasteiger partial charge in [-0.1, -0.05) is 42.5 Å². The summed E-state index contributed by atoms with van der Waals surface area (Å²) < 4.78 is 11.7. The van der Waals surface area contributed by atoms with E-state index in [-0.39, 0.29) is 0 Å². The average Bonchev–Trinajstić information content (AvgIpc) is 2.68. The molecule has 3 aromatic rings. The van der Waals surface area contributed by atoms with E-state index in [2.05, 4.69) is 35.4 Å². The van der Waals surface area contributed by atoms with Gasteiger partial charge in [-0.15, -0.1) is 0 Å². The summed E-state index contributed by atoms with van der Waals surface area (Å²) in [5.74, 6) is 1.53. The van der Waals surface area contributed by atoms with E-state index < -0.39 is 0 Å². The van der Waals surface area contributed by atoms with Gasteiger partial charge < -0.3 is 14.8 Å². The number of ether oxygens (including phenoxy) is 2. The molecule has 0 fully saturated rings. The van der Waals surface area contributed by atoms with Crippen molar-refractivity contribution < 1.29 is 9.47 Å². The fraction of sp³-hybridized carbons (Fsp3) is 0.227. The van der Waals surface area contributed by atoms with Gasteiger partial charge in [0.2, 0.25) is 0 Å². The van der Waals surface area contributed by atoms with Crippen LogP contribution >= 0.6 is 0 Å². The number of nitrogens with one attached hydrogen (secondary N) is 1. The predicted molar refractivity (Wildman–Crippen MR) is 103 cm³/mol. The molecule has 0 aliphatic rings. The summed E-state index contributed by atoms with van der Waals surface area (Å²) in [6, 6.07) is 20.1. The lowest BCUT2D eigenvalue weighted by atomic mass is 10.1. The van der Waals surface area contributed by atoms with Crippen LogP contribution in [0.3, 0.4) is 0 Å². The van der Waals surface area contributed by atoms with E-state index in [0.717, 1.165) is 22.8 Å². The number of rotatable bonds is 8. The fourth-order valence-corrected chi connectivity index (χ4v) is 2.77. The van der Waals surface area contributed by atoms with Crippen molar-refractivity contribution in [1.29, 1.82) is 0 Å². The highest BCUT2D eigenvalue weighted by molar-refractivity contribution is 5.46. The van der Waals surface area contributed by atoms with Crippen LogP contribution in [0.2, 0.25) is 0 Å². The molecule has 0 radical (unpaired) electrons. The van der Waals surface area contributed by atoms with E-state index in [4.69, 9.17) is 9.47 Å². The quantitative estimate of drug-likeness (QED) is 0.660. The third kappa shape index (κ3) is 4.61. The number of hydrogen-bond donors (Lipinski definition) is 1. The summed E-state index contributed by atoms with van der Waals surface area (Å²) in [6.07, 6.45) is 1.80. The first-order valence-electron chi connectivity index (χ1n) is 8.71. The topological polar surface area (TPSA) is 43.4 Å². The fourth-order valence-electron chi connectivity index (χ4n) is 2.77. The van der Waals surface area contributed by atoms with E-state index in [9.17, 15) is 0 Å². The van der Waals surface area contributed by atoms with Crippen molar-refractivity contribution in [1.82, 2.24) is 10.3 Å². The molecule has 0 amide bonds. The SMILES string of the molecule is COc1cccc(CNCc2ccccn2)c1OCc1ccccc1C. The molecule has 4 heteroatoms. The summed E-state index contributed by atoms with van der Waals surface area (Å²) in [6.45, 7) is 3.99. The Bertz CT molecular complexity index is 835. The van der Waals surface area contributed by atoms with Gasteiger partial charge in [-0.2, -0.15) is 0 Å². The standard InChI is InChI=1S/C22H24N2O2/c1-17-8-3-4-9-19(17)16-26-22-18(10-7-12-21(22)25-2)14-23-15-20-11-5-6-13-24-20/h3-13,23H,14-16H2,1-2H3. The van der Waals surface area contributed by atoms with Gasteiger partial charge in [0.25, 0.3) is 0 Å². The van der Waals surface area contributed by atoms with E-state index >= 15 is 0 Å². The highest BCUT2D eigenvalue weighted by atomic mass is 16.5. The van der Waals surface area contributed by atoms with Crippen LogP contribution in [0.5, 0.6) is 11.5 Å². The van der Waals surface area contributed by atoms with Gasteiger partial charge in [-0.25, -0.2) is 0 Å². The Kier molecular flexibility index (Phi) is 6.23. The molecule has 0 bridgehead atoms. The molecule has 0 unspecified atom stereocenters. The Morgan fingerprint density at radius 1 is 0.885 bits per heavy atom. The van der Waals surface area contributed by atoms with Crippen LogP contribution in [0.15, 0.2) is 66.9 Å². The number of methoxy groups -OCH3 is 1. The van der Waals surface area contributed by atoms with Crippen LogP contribution in [-0.4, -0.2) is 12.1 Å². The number of hydrogen-bond acceptors (Lipinski definition) is 4. The van der Waals surface area contributed by atoms with Crippen molar-refractivity contribution in [3.8, 4) is 11.5 Å². The number of benzene rings is 2. The summed E-state index contributed by atoms with van der Waals surface area (Å²) in [5, 5.41) is 3.42. The number of aryl methyl sites for hydroxylation is 1. The molecule has 0 spiro atoms. The second-order valence-electron chi connectivity index (χ2n) is 6.09. The first-order chi connectivity index (χ1) is 12.8. The third-order valence-electron chi connectivity index (χ3n) is 4.26. The largest absolute Gasteiger partial charge is 0.493 e. The van der Waals surface area contributed by atoms with Crippen molar-refractivity contribution in [3.63, 3.8) is 0 Å². The van der Waals surface area contributed by atoms with Gasteiger partial charge in [0.05, 0.1) is 12.8 Å². The second kappa shape index (κ2) is 9.02. The van der Waals surface area contributed by atoms with Crippen LogP contribution in [0, 0.1) is 6.92 Å². The highest BCUT2D eigenvalue weighted by Gasteiger charge is 2.11. The van der Waals surface area contributed by atoms with Crippen LogP contribution in [0.1, 0.15) is 22.4 Å². The minimum absolute atomic E-state index is 0.514. The summed E-state index contributed by atoms with van der Waals surface area (Å²) in [4.78, 5) is 4.33. The maximum atomic E-state index is 6.15. The highest BCUT2D eigenvalue weighted by Crippen LogP contribution is 2.32. The molecule has 1 heterocycles. The van der Waals surface area contributed by atoms with Gasteiger partial charge in [-0.3, -0.25) is 4.98 Å². The van der Waals surface area contributed by atoms with Gasteiger partial charge in [0, 0.05) is 24.8 Å². The summed E-state index contributed by atoms with van der Waals surface area (Å²) in [5.41, 5.74) is 4.47. The molecular weight excluding hydrogens is 324 g/mol. The molecule has 1 aromatic heterocycles. The zero-order valence-electron chi connectivity index (χ0n) is 15.2. The normalized spacial score (nSPS) is 10.5. The Balaban J connectivity index is 1.70. The smallest absolute Gasteiger partial charge is 0.166 e. The Labute approximate surface area is 154 Å². The Morgan fingerprint density at radius 3 is 2.46 bits per heavy atom. The molecule has 134 valence electrons. The van der Waals surface area contributed by atoms with Crippen LogP contribution in [0.4, 0.5) is 0 Å². The maximum absolute atomic E-state index is 6.15. The predicted octanol–water partition coefficient (Wildman–Crippen LogP) is 4.27. The van der Waals surface area contributed by atoms with E-state index in [1.165, 1.54) is 11.1 Å². The van der Waals surface area contributed by atoms with Gasteiger partial charge >= 0.3 is 0 Å². The van der Waals surface area contributed by atoms with E-state index in [1.807, 2.05) is 42.5 Å². The molecule has 0 saturated heterocycles. The molecule has 0 aliphatic carbocycles. The number of nitrogens with zero attached hydrogens (tertiary/aromatic N) is 1. The zero-order chi connectivity index (χ0) is 18.2. The second-order valence-corrected chi connectivity index (χ2v) is 6.09. The molecule has 0 atom stereocenters. The van der Waals surface area contributed by atoms with Gasteiger partial charge in [0.1, 0.15) is 6.61 Å². The molecular formula is C22H24N2O2. The van der Waals surface area contributed by atoms with Crippen molar-refractivity contribution in [2.75, 3.05) is 7.11 Å².